The maximum absolute atomic E-state index is 12.6. The van der Waals surface area contributed by atoms with Gasteiger partial charge in [0.1, 0.15) is 11.6 Å². The second-order valence-electron chi connectivity index (χ2n) is 2.92. The molecule has 2 rings (SSSR count). The van der Waals surface area contributed by atoms with Crippen LogP contribution in [0.3, 0.4) is 0 Å². The molecule has 0 saturated heterocycles. The normalized spacial score (nSPS) is 10.1. The third-order valence-corrected chi connectivity index (χ3v) is 2.19. The molecule has 2 heterocycles. The van der Waals surface area contributed by atoms with Crippen LogP contribution in [0.5, 0.6) is 0 Å². The molecule has 16 heavy (non-hydrogen) atoms. The highest BCUT2D eigenvalue weighted by Crippen LogP contribution is 2.15. The Morgan fingerprint density at radius 1 is 1.38 bits per heavy atom. The van der Waals surface area contributed by atoms with E-state index in [1.807, 2.05) is 0 Å². The number of amides is 1. The first-order chi connectivity index (χ1) is 7.65. The van der Waals surface area contributed by atoms with Gasteiger partial charge in [-0.3, -0.25) is 4.79 Å². The van der Waals surface area contributed by atoms with Crippen molar-refractivity contribution in [3.63, 3.8) is 0 Å². The first-order valence-electron chi connectivity index (χ1n) is 4.33. The van der Waals surface area contributed by atoms with E-state index in [1.54, 1.807) is 6.07 Å². The number of rotatable bonds is 2. The van der Waals surface area contributed by atoms with Crippen LogP contribution in [0.4, 0.5) is 10.2 Å². The minimum atomic E-state index is -0.459. The van der Waals surface area contributed by atoms with Crippen molar-refractivity contribution in [1.29, 1.82) is 0 Å². The molecule has 0 fully saturated rings. The molecule has 4 nitrogen and oxygen atoms in total. The summed E-state index contributed by atoms with van der Waals surface area (Å²) in [4.78, 5) is 15.2. The third-order valence-electron chi connectivity index (χ3n) is 1.77. The highest BCUT2D eigenvalue weighted by atomic mass is 79.9. The number of furan rings is 1. The quantitative estimate of drug-likeness (QED) is 0.923. The molecule has 0 radical (unpaired) electrons. The van der Waals surface area contributed by atoms with Crippen LogP contribution in [-0.2, 0) is 0 Å². The van der Waals surface area contributed by atoms with Crippen LogP contribution in [0, 0.1) is 5.82 Å². The number of nitrogens with one attached hydrogen (secondary N) is 1. The Morgan fingerprint density at radius 3 is 2.75 bits per heavy atom. The monoisotopic (exact) mass is 284 g/mol. The molecule has 1 amide bonds. The zero-order chi connectivity index (χ0) is 11.5. The fourth-order valence-electron chi connectivity index (χ4n) is 1.06. The van der Waals surface area contributed by atoms with E-state index in [1.165, 1.54) is 18.2 Å². The molecule has 0 bridgehead atoms. The Balaban J connectivity index is 2.10. The number of pyridine rings is 1. The zero-order valence-corrected chi connectivity index (χ0v) is 9.49. The molecule has 0 atom stereocenters. The fourth-order valence-corrected chi connectivity index (χ4v) is 1.37. The van der Waals surface area contributed by atoms with Crippen molar-refractivity contribution < 1.29 is 13.6 Å². The lowest BCUT2D eigenvalue weighted by Gasteiger charge is -2.00. The van der Waals surface area contributed by atoms with E-state index in [0.29, 0.717) is 4.67 Å². The topological polar surface area (TPSA) is 55.1 Å². The molecule has 0 spiro atoms. The van der Waals surface area contributed by atoms with E-state index < -0.39 is 11.7 Å². The van der Waals surface area contributed by atoms with Crippen LogP contribution >= 0.6 is 15.9 Å². The molecule has 0 saturated carbocycles. The number of aromatic nitrogens is 1. The van der Waals surface area contributed by atoms with Crippen LogP contribution in [0.25, 0.3) is 0 Å². The lowest BCUT2D eigenvalue weighted by molar-refractivity contribution is 0.0995. The molecule has 2 aromatic rings. The Kier molecular flexibility index (Phi) is 3.00. The van der Waals surface area contributed by atoms with E-state index >= 15 is 0 Å². The van der Waals surface area contributed by atoms with Gasteiger partial charge in [-0.15, -0.1) is 0 Å². The summed E-state index contributed by atoms with van der Waals surface area (Å²) in [5, 5.41) is 2.47. The smallest absolute Gasteiger partial charge is 0.292 e. The van der Waals surface area contributed by atoms with Gasteiger partial charge in [0, 0.05) is 0 Å². The Bertz CT molecular complexity index is 510. The van der Waals surface area contributed by atoms with Gasteiger partial charge in [-0.25, -0.2) is 9.37 Å². The van der Waals surface area contributed by atoms with E-state index in [4.69, 9.17) is 4.42 Å². The molecule has 6 heteroatoms. The summed E-state index contributed by atoms with van der Waals surface area (Å²) in [5.41, 5.74) is 0. The van der Waals surface area contributed by atoms with Crippen LogP contribution in [0.15, 0.2) is 39.5 Å². The van der Waals surface area contributed by atoms with E-state index in [2.05, 4.69) is 26.2 Å². The van der Waals surface area contributed by atoms with Gasteiger partial charge in [-0.05, 0) is 40.2 Å². The van der Waals surface area contributed by atoms with Crippen molar-refractivity contribution in [3.8, 4) is 0 Å². The summed E-state index contributed by atoms with van der Waals surface area (Å²) < 4.78 is 18.1. The molecule has 0 aliphatic rings. The van der Waals surface area contributed by atoms with Crippen molar-refractivity contribution in [2.75, 3.05) is 5.32 Å². The van der Waals surface area contributed by atoms with Crippen molar-refractivity contribution in [2.24, 2.45) is 0 Å². The minimum Gasteiger partial charge on any atom is -0.444 e. The first-order valence-corrected chi connectivity index (χ1v) is 5.13. The van der Waals surface area contributed by atoms with E-state index in [0.717, 1.165) is 6.20 Å². The SMILES string of the molecule is O=C(Nc1ccc(F)cn1)c1ccc(Br)o1. The molecule has 0 aromatic carbocycles. The standard InChI is InChI=1S/C10H6BrFN2O2/c11-8-3-2-7(16-8)10(15)14-9-4-1-6(12)5-13-9/h1-5H,(H,13,14,15). The lowest BCUT2D eigenvalue weighted by Crippen LogP contribution is -2.11. The van der Waals surface area contributed by atoms with Gasteiger partial charge >= 0.3 is 0 Å². The molecular formula is C10H6BrFN2O2. The summed E-state index contributed by atoms with van der Waals surface area (Å²) in [6, 6.07) is 5.70. The Labute approximate surface area is 98.6 Å². The van der Waals surface area contributed by atoms with Crippen molar-refractivity contribution in [2.45, 2.75) is 0 Å². The second-order valence-corrected chi connectivity index (χ2v) is 3.70. The van der Waals surface area contributed by atoms with Crippen molar-refractivity contribution in [3.05, 3.63) is 46.7 Å². The van der Waals surface area contributed by atoms with Gasteiger partial charge in [0.15, 0.2) is 10.4 Å². The minimum absolute atomic E-state index is 0.151. The predicted molar refractivity (Wildman–Crippen MR) is 58.6 cm³/mol. The van der Waals surface area contributed by atoms with Gasteiger partial charge in [-0.2, -0.15) is 0 Å². The summed E-state index contributed by atoms with van der Waals surface area (Å²) in [5.74, 6) is -0.486. The number of hydrogen-bond acceptors (Lipinski definition) is 3. The van der Waals surface area contributed by atoms with E-state index in [-0.39, 0.29) is 11.6 Å². The number of nitrogens with zero attached hydrogens (tertiary/aromatic N) is 1. The number of carbonyl (C=O) groups excluding carboxylic acids is 1. The highest BCUT2D eigenvalue weighted by Gasteiger charge is 2.10. The summed E-state index contributed by atoms with van der Waals surface area (Å²) in [6.45, 7) is 0. The number of hydrogen-bond donors (Lipinski definition) is 1. The molecule has 0 aliphatic heterocycles. The van der Waals surface area contributed by atoms with Gasteiger partial charge in [-0.1, -0.05) is 0 Å². The van der Waals surface area contributed by atoms with Crippen molar-refractivity contribution in [1.82, 2.24) is 4.98 Å². The second kappa shape index (κ2) is 4.44. The largest absolute Gasteiger partial charge is 0.444 e. The van der Waals surface area contributed by atoms with Gasteiger partial charge in [0.25, 0.3) is 5.91 Å². The Morgan fingerprint density at radius 2 is 2.19 bits per heavy atom. The third kappa shape index (κ3) is 2.46. The fraction of sp³-hybridized carbons (Fsp3) is 0. The van der Waals surface area contributed by atoms with Crippen LogP contribution in [-0.4, -0.2) is 10.9 Å². The summed E-state index contributed by atoms with van der Waals surface area (Å²) in [7, 11) is 0. The van der Waals surface area contributed by atoms with Crippen molar-refractivity contribution >= 4 is 27.7 Å². The average Bonchev–Trinajstić information content (AvgIpc) is 2.68. The number of anilines is 1. The lowest BCUT2D eigenvalue weighted by atomic mass is 10.4. The van der Waals surface area contributed by atoms with Gasteiger partial charge < -0.3 is 9.73 Å². The van der Waals surface area contributed by atoms with Gasteiger partial charge in [0.2, 0.25) is 0 Å². The molecule has 1 N–H and O–H groups in total. The van der Waals surface area contributed by atoms with E-state index in [9.17, 15) is 9.18 Å². The number of halogens is 2. The van der Waals surface area contributed by atoms with Crippen LogP contribution in [0.1, 0.15) is 10.6 Å². The molecule has 0 unspecified atom stereocenters. The summed E-state index contributed by atoms with van der Waals surface area (Å²) >= 11 is 3.08. The number of carbonyl (C=O) groups is 1. The maximum atomic E-state index is 12.6. The molecule has 0 aliphatic carbocycles. The Hall–Kier alpha value is -1.69. The van der Waals surface area contributed by atoms with Crippen LogP contribution in [0.2, 0.25) is 0 Å². The van der Waals surface area contributed by atoms with Crippen LogP contribution < -0.4 is 5.32 Å². The molecular weight excluding hydrogens is 279 g/mol. The molecule has 2 aromatic heterocycles. The summed E-state index contributed by atoms with van der Waals surface area (Å²) in [6.07, 6.45) is 1.02. The average molecular weight is 285 g/mol. The maximum Gasteiger partial charge on any atom is 0.292 e. The van der Waals surface area contributed by atoms with Gasteiger partial charge in [0.05, 0.1) is 6.20 Å². The highest BCUT2D eigenvalue weighted by molar-refractivity contribution is 9.10. The zero-order valence-electron chi connectivity index (χ0n) is 7.91. The first kappa shape index (κ1) is 10.8. The predicted octanol–water partition coefficient (Wildman–Crippen LogP) is 2.83. The molecule has 82 valence electrons.